The lowest BCUT2D eigenvalue weighted by Gasteiger charge is -2.32. The summed E-state index contributed by atoms with van der Waals surface area (Å²) in [7, 11) is 1.92. The molecule has 1 aliphatic rings. The van der Waals surface area contributed by atoms with E-state index in [1.165, 1.54) is 10.9 Å². The van der Waals surface area contributed by atoms with Gasteiger partial charge in [0.05, 0.1) is 5.52 Å². The number of aromatic nitrogens is 2. The summed E-state index contributed by atoms with van der Waals surface area (Å²) < 4.78 is 1.89. The third-order valence-electron chi connectivity index (χ3n) is 5.07. The first-order chi connectivity index (χ1) is 11.7. The summed E-state index contributed by atoms with van der Waals surface area (Å²) >= 11 is 0. The molecule has 1 aromatic carbocycles. The van der Waals surface area contributed by atoms with Crippen molar-refractivity contribution in [2.24, 2.45) is 7.05 Å². The maximum Gasteiger partial charge on any atom is 0.270 e. The molecule has 0 N–H and O–H groups in total. The van der Waals surface area contributed by atoms with Crippen LogP contribution in [0.4, 0.5) is 0 Å². The zero-order valence-electron chi connectivity index (χ0n) is 13.9. The van der Waals surface area contributed by atoms with E-state index in [4.69, 9.17) is 0 Å². The van der Waals surface area contributed by atoms with Gasteiger partial charge in [0.2, 0.25) is 0 Å². The summed E-state index contributed by atoms with van der Waals surface area (Å²) in [5.41, 5.74) is 3.19. The molecule has 0 atom stereocenters. The number of likely N-dealkylation sites (tertiary alicyclic amines) is 1. The first-order valence-electron chi connectivity index (χ1n) is 8.48. The van der Waals surface area contributed by atoms with Crippen molar-refractivity contribution in [3.05, 3.63) is 66.1 Å². The van der Waals surface area contributed by atoms with Crippen molar-refractivity contribution >= 4 is 16.8 Å². The summed E-state index contributed by atoms with van der Waals surface area (Å²) in [6.45, 7) is 1.62. The highest BCUT2D eigenvalue weighted by atomic mass is 16.2. The number of para-hydroxylation sites is 1. The second-order valence-corrected chi connectivity index (χ2v) is 6.49. The lowest BCUT2D eigenvalue weighted by Crippen LogP contribution is -2.38. The van der Waals surface area contributed by atoms with Crippen LogP contribution in [0, 0.1) is 0 Å². The molecule has 1 fully saturated rings. The van der Waals surface area contributed by atoms with Crippen molar-refractivity contribution in [2.75, 3.05) is 13.1 Å². The van der Waals surface area contributed by atoms with Crippen molar-refractivity contribution in [1.82, 2.24) is 14.5 Å². The standard InChI is InChI=1S/C20H21N3O/c1-22-12-4-7-19(22)20(24)23-13-9-15(10-14-23)16-8-11-21-18-6-3-2-5-17(16)18/h2-8,11-12,15H,9-10,13-14H2,1H3. The molecular weight excluding hydrogens is 298 g/mol. The zero-order valence-corrected chi connectivity index (χ0v) is 13.9. The lowest BCUT2D eigenvalue weighted by molar-refractivity contribution is 0.0703. The highest BCUT2D eigenvalue weighted by Crippen LogP contribution is 2.32. The van der Waals surface area contributed by atoms with Crippen LogP contribution in [0.2, 0.25) is 0 Å². The number of carbonyl (C=O) groups excluding carboxylic acids is 1. The number of aryl methyl sites for hydroxylation is 1. The van der Waals surface area contributed by atoms with Gasteiger partial charge in [-0.3, -0.25) is 9.78 Å². The fourth-order valence-electron chi connectivity index (χ4n) is 3.71. The molecule has 0 saturated carbocycles. The predicted octanol–water partition coefficient (Wildman–Crippen LogP) is 3.59. The lowest BCUT2D eigenvalue weighted by atomic mass is 9.87. The fraction of sp³-hybridized carbons (Fsp3) is 0.300. The van der Waals surface area contributed by atoms with Gasteiger partial charge in [-0.15, -0.1) is 0 Å². The Bertz CT molecular complexity index is 870. The maximum absolute atomic E-state index is 12.6. The van der Waals surface area contributed by atoms with Crippen LogP contribution in [0.1, 0.15) is 34.8 Å². The number of rotatable bonds is 2. The Morgan fingerprint density at radius 1 is 1.08 bits per heavy atom. The Morgan fingerprint density at radius 3 is 2.62 bits per heavy atom. The van der Waals surface area contributed by atoms with Crippen LogP contribution in [0.25, 0.3) is 10.9 Å². The summed E-state index contributed by atoms with van der Waals surface area (Å²) in [6, 6.07) is 14.3. The molecule has 4 rings (SSSR count). The average molecular weight is 319 g/mol. The zero-order chi connectivity index (χ0) is 16.5. The molecule has 0 spiro atoms. The molecule has 0 unspecified atom stereocenters. The number of pyridine rings is 1. The molecule has 3 heterocycles. The molecule has 4 heteroatoms. The van der Waals surface area contributed by atoms with E-state index in [1.807, 2.05) is 47.1 Å². The fourth-order valence-corrected chi connectivity index (χ4v) is 3.71. The molecule has 1 aliphatic heterocycles. The van der Waals surface area contributed by atoms with Gasteiger partial charge in [-0.05, 0) is 48.6 Å². The highest BCUT2D eigenvalue weighted by molar-refractivity contribution is 5.92. The van der Waals surface area contributed by atoms with E-state index in [2.05, 4.69) is 29.2 Å². The number of nitrogens with zero attached hydrogens (tertiary/aromatic N) is 3. The molecule has 1 saturated heterocycles. The third-order valence-corrected chi connectivity index (χ3v) is 5.07. The smallest absolute Gasteiger partial charge is 0.270 e. The Kier molecular flexibility index (Phi) is 3.81. The number of carbonyl (C=O) groups is 1. The first kappa shape index (κ1) is 14.9. The van der Waals surface area contributed by atoms with Gasteiger partial charge in [0.15, 0.2) is 0 Å². The molecule has 4 nitrogen and oxygen atoms in total. The quantitative estimate of drug-likeness (QED) is 0.724. The monoisotopic (exact) mass is 319 g/mol. The van der Waals surface area contributed by atoms with Crippen LogP contribution >= 0.6 is 0 Å². The van der Waals surface area contributed by atoms with Crippen molar-refractivity contribution in [1.29, 1.82) is 0 Å². The SMILES string of the molecule is Cn1cccc1C(=O)N1CCC(c2ccnc3ccccc23)CC1. The van der Waals surface area contributed by atoms with Gasteiger partial charge < -0.3 is 9.47 Å². The van der Waals surface area contributed by atoms with Crippen molar-refractivity contribution in [3.63, 3.8) is 0 Å². The second kappa shape index (κ2) is 6.11. The molecule has 3 aromatic rings. The maximum atomic E-state index is 12.6. The molecule has 0 bridgehead atoms. The molecule has 1 amide bonds. The number of piperidine rings is 1. The van der Waals surface area contributed by atoms with Crippen LogP contribution in [0.5, 0.6) is 0 Å². The topological polar surface area (TPSA) is 38.1 Å². The number of fused-ring (bicyclic) bond motifs is 1. The van der Waals surface area contributed by atoms with Crippen LogP contribution in [-0.2, 0) is 7.05 Å². The molecule has 2 aromatic heterocycles. The molecule has 122 valence electrons. The normalized spacial score (nSPS) is 15.8. The second-order valence-electron chi connectivity index (χ2n) is 6.49. The number of hydrogen-bond donors (Lipinski definition) is 0. The van der Waals surface area contributed by atoms with Crippen molar-refractivity contribution < 1.29 is 4.79 Å². The number of hydrogen-bond acceptors (Lipinski definition) is 2. The third kappa shape index (κ3) is 2.58. The van der Waals surface area contributed by atoms with Crippen molar-refractivity contribution in [3.8, 4) is 0 Å². The summed E-state index contributed by atoms with van der Waals surface area (Å²) in [5.74, 6) is 0.635. The van der Waals surface area contributed by atoms with E-state index in [9.17, 15) is 4.79 Å². The van der Waals surface area contributed by atoms with Crippen LogP contribution < -0.4 is 0 Å². The Labute approximate surface area is 141 Å². The summed E-state index contributed by atoms with van der Waals surface area (Å²) in [5, 5.41) is 1.24. The Hall–Kier alpha value is -2.62. The van der Waals surface area contributed by atoms with Crippen LogP contribution in [-0.4, -0.2) is 33.4 Å². The van der Waals surface area contributed by atoms with E-state index in [0.29, 0.717) is 5.92 Å². The van der Waals surface area contributed by atoms with Crippen molar-refractivity contribution in [2.45, 2.75) is 18.8 Å². The van der Waals surface area contributed by atoms with Crippen LogP contribution in [0.3, 0.4) is 0 Å². The van der Waals surface area contributed by atoms with E-state index >= 15 is 0 Å². The minimum atomic E-state index is 0.139. The molecule has 24 heavy (non-hydrogen) atoms. The first-order valence-corrected chi connectivity index (χ1v) is 8.48. The minimum absolute atomic E-state index is 0.139. The van der Waals surface area contributed by atoms with E-state index in [1.54, 1.807) is 0 Å². The van der Waals surface area contributed by atoms with Gasteiger partial charge >= 0.3 is 0 Å². The van der Waals surface area contributed by atoms with Gasteiger partial charge in [-0.2, -0.15) is 0 Å². The highest BCUT2D eigenvalue weighted by Gasteiger charge is 2.26. The van der Waals surface area contributed by atoms with Crippen LogP contribution in [0.15, 0.2) is 54.9 Å². The Morgan fingerprint density at radius 2 is 1.88 bits per heavy atom. The van der Waals surface area contributed by atoms with Gasteiger partial charge in [-0.1, -0.05) is 18.2 Å². The van der Waals surface area contributed by atoms with Gasteiger partial charge in [0, 0.05) is 37.9 Å². The number of amides is 1. The van der Waals surface area contributed by atoms with Gasteiger partial charge in [0.1, 0.15) is 5.69 Å². The largest absolute Gasteiger partial charge is 0.347 e. The predicted molar refractivity (Wildman–Crippen MR) is 95.0 cm³/mol. The number of benzene rings is 1. The average Bonchev–Trinajstić information content (AvgIpc) is 3.07. The minimum Gasteiger partial charge on any atom is -0.347 e. The molecule has 0 aliphatic carbocycles. The van der Waals surface area contributed by atoms with E-state index < -0.39 is 0 Å². The van der Waals surface area contributed by atoms with Gasteiger partial charge in [-0.25, -0.2) is 0 Å². The summed E-state index contributed by atoms with van der Waals surface area (Å²) in [6.07, 6.45) is 5.83. The molecule has 0 radical (unpaired) electrons. The van der Waals surface area contributed by atoms with E-state index in [-0.39, 0.29) is 5.91 Å². The van der Waals surface area contributed by atoms with E-state index in [0.717, 1.165) is 37.1 Å². The molecular formula is C20H21N3O. The van der Waals surface area contributed by atoms with Gasteiger partial charge in [0.25, 0.3) is 5.91 Å². The Balaban J connectivity index is 1.52. The summed E-state index contributed by atoms with van der Waals surface area (Å²) in [4.78, 5) is 19.1.